The highest BCUT2D eigenvalue weighted by atomic mass is 79.9. The maximum atomic E-state index is 11.6. The Labute approximate surface area is 88.2 Å². The first-order valence-electron chi connectivity index (χ1n) is 4.71. The number of amides is 1. The lowest BCUT2D eigenvalue weighted by molar-refractivity contribution is -0.130. The number of hydrogen-bond donors (Lipinski definition) is 1. The number of carbonyl (C=O) groups is 1. The third-order valence-electron chi connectivity index (χ3n) is 1.91. The van der Waals surface area contributed by atoms with Crippen LogP contribution in [0.4, 0.5) is 0 Å². The largest absolute Gasteiger partial charge is 0.396 e. The van der Waals surface area contributed by atoms with Crippen LogP contribution in [0, 0.1) is 0 Å². The molecule has 1 atom stereocenters. The fraction of sp³-hybridized carbons (Fsp3) is 0.889. The van der Waals surface area contributed by atoms with Crippen molar-refractivity contribution in [1.29, 1.82) is 0 Å². The Morgan fingerprint density at radius 2 is 2.15 bits per heavy atom. The Balaban J connectivity index is 3.98. The van der Waals surface area contributed by atoms with Gasteiger partial charge in [-0.05, 0) is 19.8 Å². The molecule has 0 aromatic carbocycles. The summed E-state index contributed by atoms with van der Waals surface area (Å²) in [5.74, 6) is 0.124. The van der Waals surface area contributed by atoms with Crippen molar-refractivity contribution in [2.24, 2.45) is 0 Å². The molecular formula is C9H18BrNO2. The monoisotopic (exact) mass is 251 g/mol. The molecule has 1 amide bonds. The zero-order valence-electron chi connectivity index (χ0n) is 8.29. The molecule has 4 heteroatoms. The minimum absolute atomic E-state index is 0.0776. The van der Waals surface area contributed by atoms with E-state index in [1.165, 1.54) is 0 Å². The highest BCUT2D eigenvalue weighted by molar-refractivity contribution is 9.10. The molecule has 1 unspecified atom stereocenters. The molecule has 0 aromatic rings. The smallest absolute Gasteiger partial charge is 0.236 e. The van der Waals surface area contributed by atoms with Crippen molar-refractivity contribution < 1.29 is 9.90 Å². The summed E-state index contributed by atoms with van der Waals surface area (Å²) in [5.41, 5.74) is 0. The fourth-order valence-corrected chi connectivity index (χ4v) is 1.35. The van der Waals surface area contributed by atoms with E-state index in [4.69, 9.17) is 5.11 Å². The van der Waals surface area contributed by atoms with Crippen molar-refractivity contribution in [3.63, 3.8) is 0 Å². The summed E-state index contributed by atoms with van der Waals surface area (Å²) in [7, 11) is 0. The van der Waals surface area contributed by atoms with Crippen LogP contribution in [0.25, 0.3) is 0 Å². The lowest BCUT2D eigenvalue weighted by Crippen LogP contribution is -2.37. The Morgan fingerprint density at radius 3 is 2.54 bits per heavy atom. The molecule has 0 aliphatic carbocycles. The van der Waals surface area contributed by atoms with Crippen LogP contribution < -0.4 is 0 Å². The Hall–Kier alpha value is -0.0900. The minimum Gasteiger partial charge on any atom is -0.396 e. The van der Waals surface area contributed by atoms with Crippen LogP contribution in [-0.4, -0.2) is 40.4 Å². The van der Waals surface area contributed by atoms with Gasteiger partial charge in [0.05, 0.1) is 4.83 Å². The van der Waals surface area contributed by atoms with Gasteiger partial charge < -0.3 is 10.0 Å². The van der Waals surface area contributed by atoms with Gasteiger partial charge in [-0.2, -0.15) is 0 Å². The zero-order valence-corrected chi connectivity index (χ0v) is 9.88. The maximum absolute atomic E-state index is 11.6. The number of halogens is 1. The summed E-state index contributed by atoms with van der Waals surface area (Å²) < 4.78 is 0. The molecule has 78 valence electrons. The first kappa shape index (κ1) is 12.9. The lowest BCUT2D eigenvalue weighted by Gasteiger charge is -2.22. The highest BCUT2D eigenvalue weighted by Gasteiger charge is 2.18. The van der Waals surface area contributed by atoms with Gasteiger partial charge in [0.25, 0.3) is 0 Å². The molecule has 0 fully saturated rings. The SMILES string of the molecule is CCC(Br)C(=O)N(CC)CCCO. The van der Waals surface area contributed by atoms with Crippen LogP contribution in [0.3, 0.4) is 0 Å². The zero-order chi connectivity index (χ0) is 10.3. The van der Waals surface area contributed by atoms with Crippen molar-refractivity contribution in [2.45, 2.75) is 31.5 Å². The van der Waals surface area contributed by atoms with Gasteiger partial charge in [-0.15, -0.1) is 0 Å². The van der Waals surface area contributed by atoms with E-state index in [0.717, 1.165) is 6.42 Å². The normalized spacial score (nSPS) is 12.6. The van der Waals surface area contributed by atoms with E-state index in [9.17, 15) is 4.79 Å². The van der Waals surface area contributed by atoms with Crippen molar-refractivity contribution in [3.8, 4) is 0 Å². The fourth-order valence-electron chi connectivity index (χ4n) is 1.06. The predicted molar refractivity (Wildman–Crippen MR) is 57.0 cm³/mol. The van der Waals surface area contributed by atoms with Crippen LogP contribution in [0.2, 0.25) is 0 Å². The second-order valence-corrected chi connectivity index (χ2v) is 3.98. The second-order valence-electron chi connectivity index (χ2n) is 2.87. The molecule has 3 nitrogen and oxygen atoms in total. The van der Waals surface area contributed by atoms with Crippen LogP contribution in [-0.2, 0) is 4.79 Å². The van der Waals surface area contributed by atoms with Gasteiger partial charge in [0.15, 0.2) is 0 Å². The Morgan fingerprint density at radius 1 is 1.54 bits per heavy atom. The van der Waals surface area contributed by atoms with E-state index in [1.807, 2.05) is 13.8 Å². The third-order valence-corrected chi connectivity index (χ3v) is 2.95. The van der Waals surface area contributed by atoms with Crippen molar-refractivity contribution in [3.05, 3.63) is 0 Å². The number of rotatable bonds is 6. The van der Waals surface area contributed by atoms with Crippen LogP contribution >= 0.6 is 15.9 Å². The van der Waals surface area contributed by atoms with Crippen molar-refractivity contribution in [2.75, 3.05) is 19.7 Å². The summed E-state index contributed by atoms with van der Waals surface area (Å²) in [6, 6.07) is 0. The summed E-state index contributed by atoms with van der Waals surface area (Å²) in [6.07, 6.45) is 1.46. The Bertz CT molecular complexity index is 153. The number of aliphatic hydroxyl groups is 1. The van der Waals surface area contributed by atoms with E-state index in [0.29, 0.717) is 19.5 Å². The average Bonchev–Trinajstić information content (AvgIpc) is 2.17. The number of hydrogen-bond acceptors (Lipinski definition) is 2. The van der Waals surface area contributed by atoms with Crippen molar-refractivity contribution in [1.82, 2.24) is 4.90 Å². The topological polar surface area (TPSA) is 40.5 Å². The minimum atomic E-state index is -0.0776. The van der Waals surface area contributed by atoms with Crippen LogP contribution in [0.1, 0.15) is 26.7 Å². The van der Waals surface area contributed by atoms with E-state index < -0.39 is 0 Å². The van der Waals surface area contributed by atoms with Gasteiger partial charge in [0.1, 0.15) is 0 Å². The maximum Gasteiger partial charge on any atom is 0.236 e. The summed E-state index contributed by atoms with van der Waals surface area (Å²) in [6.45, 7) is 5.42. The standard InChI is InChI=1S/C9H18BrNO2/c1-3-8(10)9(13)11(4-2)6-5-7-12/h8,12H,3-7H2,1-2H3. The predicted octanol–water partition coefficient (Wildman–Crippen LogP) is 1.39. The number of carbonyl (C=O) groups excluding carboxylic acids is 1. The summed E-state index contributed by atoms with van der Waals surface area (Å²) in [4.78, 5) is 13.3. The van der Waals surface area contributed by atoms with Gasteiger partial charge in [-0.1, -0.05) is 22.9 Å². The molecule has 0 saturated heterocycles. The molecule has 1 N–H and O–H groups in total. The average molecular weight is 252 g/mol. The van der Waals surface area contributed by atoms with Gasteiger partial charge in [0, 0.05) is 19.7 Å². The molecule has 0 rings (SSSR count). The molecule has 0 aliphatic rings. The van der Waals surface area contributed by atoms with E-state index in [-0.39, 0.29) is 17.3 Å². The van der Waals surface area contributed by atoms with Crippen LogP contribution in [0.5, 0.6) is 0 Å². The molecule has 0 aliphatic heterocycles. The molecule has 0 radical (unpaired) electrons. The van der Waals surface area contributed by atoms with E-state index in [1.54, 1.807) is 4.90 Å². The van der Waals surface area contributed by atoms with Crippen molar-refractivity contribution >= 4 is 21.8 Å². The molecule has 13 heavy (non-hydrogen) atoms. The highest BCUT2D eigenvalue weighted by Crippen LogP contribution is 2.09. The van der Waals surface area contributed by atoms with Gasteiger partial charge in [-0.3, -0.25) is 4.79 Å². The molecular weight excluding hydrogens is 234 g/mol. The first-order valence-corrected chi connectivity index (χ1v) is 5.62. The number of aliphatic hydroxyl groups excluding tert-OH is 1. The summed E-state index contributed by atoms with van der Waals surface area (Å²) in [5, 5.41) is 8.64. The van der Waals surface area contributed by atoms with Gasteiger partial charge >= 0.3 is 0 Å². The van der Waals surface area contributed by atoms with Gasteiger partial charge in [0.2, 0.25) is 5.91 Å². The van der Waals surface area contributed by atoms with E-state index in [2.05, 4.69) is 15.9 Å². The van der Waals surface area contributed by atoms with Gasteiger partial charge in [-0.25, -0.2) is 0 Å². The Kier molecular flexibility index (Phi) is 7.28. The lowest BCUT2D eigenvalue weighted by atomic mass is 10.3. The molecule has 0 saturated carbocycles. The van der Waals surface area contributed by atoms with E-state index >= 15 is 0 Å². The molecule has 0 aromatic heterocycles. The third kappa shape index (κ3) is 4.62. The quantitative estimate of drug-likeness (QED) is 0.726. The first-order chi connectivity index (χ1) is 6.17. The summed E-state index contributed by atoms with van der Waals surface area (Å²) >= 11 is 3.32. The molecule has 0 spiro atoms. The second kappa shape index (κ2) is 7.33. The van der Waals surface area contributed by atoms with Crippen LogP contribution in [0.15, 0.2) is 0 Å². The number of nitrogens with zero attached hydrogens (tertiary/aromatic N) is 1. The molecule has 0 heterocycles. The number of alkyl halides is 1. The molecule has 0 bridgehead atoms.